The predicted octanol–water partition coefficient (Wildman–Crippen LogP) is 2.76. The number of imidazole rings is 1. The van der Waals surface area contributed by atoms with Crippen LogP contribution < -0.4 is 15.2 Å². The highest BCUT2D eigenvalue weighted by molar-refractivity contribution is 14.1. The van der Waals surface area contributed by atoms with Crippen molar-refractivity contribution in [2.45, 2.75) is 29.4 Å². The molecule has 1 aromatic carbocycles. The van der Waals surface area contributed by atoms with Gasteiger partial charge in [-0.3, -0.25) is 4.79 Å². The van der Waals surface area contributed by atoms with Gasteiger partial charge in [-0.2, -0.15) is 0 Å². The Balaban J connectivity index is 1.72. The summed E-state index contributed by atoms with van der Waals surface area (Å²) in [6, 6.07) is 3.82. The van der Waals surface area contributed by atoms with Crippen LogP contribution in [0.2, 0.25) is 0 Å². The van der Waals surface area contributed by atoms with E-state index in [-0.39, 0.29) is 13.2 Å². The molecule has 0 spiro atoms. The number of halogens is 1. The lowest BCUT2D eigenvalue weighted by molar-refractivity contribution is -0.137. The number of carboxylic acid groups (broad SMARTS) is 1. The van der Waals surface area contributed by atoms with Gasteiger partial charge >= 0.3 is 5.97 Å². The van der Waals surface area contributed by atoms with Crippen molar-refractivity contribution in [2.24, 2.45) is 0 Å². The van der Waals surface area contributed by atoms with E-state index < -0.39 is 5.97 Å². The van der Waals surface area contributed by atoms with Crippen molar-refractivity contribution in [1.82, 2.24) is 19.5 Å². The topological polar surface area (TPSA) is 125 Å². The van der Waals surface area contributed by atoms with Crippen LogP contribution in [-0.2, 0) is 11.3 Å². The van der Waals surface area contributed by atoms with Crippen molar-refractivity contribution in [1.29, 1.82) is 0 Å². The third-order valence-corrected chi connectivity index (χ3v) is 6.24. The highest BCUT2D eigenvalue weighted by atomic mass is 127. The zero-order valence-electron chi connectivity index (χ0n) is 13.9. The monoisotopic (exact) mass is 499 g/mol. The number of carboxylic acids is 1. The lowest BCUT2D eigenvalue weighted by Gasteiger charge is -2.09. The van der Waals surface area contributed by atoms with E-state index in [2.05, 4.69) is 37.5 Å². The minimum atomic E-state index is -0.840. The van der Waals surface area contributed by atoms with Crippen LogP contribution in [0, 0.1) is 3.57 Å². The molecule has 0 unspecified atom stereocenters. The van der Waals surface area contributed by atoms with Gasteiger partial charge in [0.05, 0.1) is 0 Å². The molecule has 0 radical (unpaired) electrons. The average Bonchev–Trinajstić information content (AvgIpc) is 3.21. The van der Waals surface area contributed by atoms with Crippen LogP contribution in [0.25, 0.3) is 11.2 Å². The number of aromatic nitrogens is 4. The number of nitrogens with two attached hydrogens (primary N) is 1. The van der Waals surface area contributed by atoms with E-state index in [9.17, 15) is 4.79 Å². The lowest BCUT2D eigenvalue weighted by atomic mass is 10.3. The van der Waals surface area contributed by atoms with Crippen molar-refractivity contribution in [3.05, 3.63) is 22.0 Å². The van der Waals surface area contributed by atoms with Gasteiger partial charge in [-0.1, -0.05) is 11.8 Å². The number of hydrogen-bond acceptors (Lipinski definition) is 8. The molecule has 3 N–H and O–H groups in total. The largest absolute Gasteiger partial charge is 0.481 e. The van der Waals surface area contributed by atoms with Crippen molar-refractivity contribution in [3.8, 4) is 11.5 Å². The van der Waals surface area contributed by atoms with Gasteiger partial charge in [0.15, 0.2) is 33.6 Å². The summed E-state index contributed by atoms with van der Waals surface area (Å²) in [4.78, 5) is 24.7. The first-order valence-electron chi connectivity index (χ1n) is 7.98. The van der Waals surface area contributed by atoms with E-state index in [1.807, 2.05) is 16.7 Å². The Morgan fingerprint density at radius 1 is 1.33 bits per heavy atom. The van der Waals surface area contributed by atoms with Gasteiger partial charge < -0.3 is 24.9 Å². The van der Waals surface area contributed by atoms with Gasteiger partial charge in [-0.15, -0.1) is 0 Å². The third kappa shape index (κ3) is 3.60. The van der Waals surface area contributed by atoms with Crippen molar-refractivity contribution in [2.75, 3.05) is 12.5 Å². The first-order chi connectivity index (χ1) is 13.0. The number of nitrogens with zero attached hydrogens (tertiary/aromatic N) is 4. The van der Waals surface area contributed by atoms with Crippen LogP contribution >= 0.6 is 34.4 Å². The van der Waals surface area contributed by atoms with E-state index in [4.69, 9.17) is 20.3 Å². The fraction of sp³-hybridized carbons (Fsp3) is 0.250. The van der Waals surface area contributed by atoms with Crippen LogP contribution in [0.5, 0.6) is 11.5 Å². The summed E-state index contributed by atoms with van der Waals surface area (Å²) in [6.45, 7) is 0.669. The zero-order chi connectivity index (χ0) is 19.0. The molecule has 4 rings (SSSR count). The summed E-state index contributed by atoms with van der Waals surface area (Å²) >= 11 is 3.67. The van der Waals surface area contributed by atoms with E-state index >= 15 is 0 Å². The zero-order valence-corrected chi connectivity index (χ0v) is 16.9. The molecule has 3 heterocycles. The summed E-state index contributed by atoms with van der Waals surface area (Å²) < 4.78 is 13.7. The number of rotatable bonds is 6. The molecule has 0 saturated heterocycles. The molecule has 0 saturated carbocycles. The molecule has 0 aliphatic carbocycles. The first-order valence-corrected chi connectivity index (χ1v) is 9.88. The van der Waals surface area contributed by atoms with Gasteiger partial charge in [-0.25, -0.2) is 15.0 Å². The normalized spacial score (nSPS) is 12.6. The molecular formula is C16H14IN5O4S. The maximum atomic E-state index is 10.9. The van der Waals surface area contributed by atoms with Crippen molar-refractivity contribution >= 4 is 57.3 Å². The number of anilines is 1. The van der Waals surface area contributed by atoms with Crippen LogP contribution in [0.3, 0.4) is 0 Å². The molecule has 0 bridgehead atoms. The number of nitrogen functional groups attached to an aromatic ring is 1. The van der Waals surface area contributed by atoms with Gasteiger partial charge in [0.25, 0.3) is 0 Å². The van der Waals surface area contributed by atoms with Gasteiger partial charge in [0, 0.05) is 21.4 Å². The summed E-state index contributed by atoms with van der Waals surface area (Å²) in [5.74, 6) is 0.854. The van der Waals surface area contributed by atoms with Crippen molar-refractivity contribution in [3.63, 3.8) is 0 Å². The third-order valence-electron chi connectivity index (χ3n) is 3.93. The SMILES string of the molecule is Nc1ncnc2c1nc(Sc1cc3c(cc1I)OCO3)n2CCCC(=O)O. The second kappa shape index (κ2) is 7.38. The molecular weight excluding hydrogens is 485 g/mol. The number of ether oxygens (including phenoxy) is 2. The molecule has 140 valence electrons. The lowest BCUT2D eigenvalue weighted by Crippen LogP contribution is -2.04. The predicted molar refractivity (Wildman–Crippen MR) is 106 cm³/mol. The van der Waals surface area contributed by atoms with Crippen LogP contribution in [0.4, 0.5) is 5.82 Å². The maximum absolute atomic E-state index is 10.9. The smallest absolute Gasteiger partial charge is 0.303 e. The van der Waals surface area contributed by atoms with Gasteiger partial charge in [0.1, 0.15) is 6.33 Å². The Labute approximate surface area is 171 Å². The van der Waals surface area contributed by atoms with E-state index in [1.54, 1.807) is 0 Å². The number of carbonyl (C=O) groups is 1. The molecule has 11 heteroatoms. The van der Waals surface area contributed by atoms with Crippen LogP contribution in [-0.4, -0.2) is 37.4 Å². The second-order valence-electron chi connectivity index (χ2n) is 5.71. The van der Waals surface area contributed by atoms with E-state index in [1.165, 1.54) is 18.1 Å². The van der Waals surface area contributed by atoms with Gasteiger partial charge in [0.2, 0.25) is 6.79 Å². The minimum absolute atomic E-state index is 0.0614. The summed E-state index contributed by atoms with van der Waals surface area (Å²) in [6.07, 6.45) is 1.90. The number of aryl methyl sites for hydroxylation is 1. The minimum Gasteiger partial charge on any atom is -0.481 e. The molecule has 2 aromatic heterocycles. The standard InChI is InChI=1S/C16H14IN5O4S/c17-8-4-9-10(26-7-25-9)5-11(8)27-16-21-13-14(18)19-6-20-15(13)22(16)3-1-2-12(23)24/h4-6H,1-3,7H2,(H,23,24)(H2,18,19,20). The van der Waals surface area contributed by atoms with Gasteiger partial charge in [-0.05, 0) is 41.1 Å². The summed E-state index contributed by atoms with van der Waals surface area (Å²) in [7, 11) is 0. The van der Waals surface area contributed by atoms with Crippen molar-refractivity contribution < 1.29 is 19.4 Å². The Morgan fingerprint density at radius 3 is 2.89 bits per heavy atom. The molecule has 27 heavy (non-hydrogen) atoms. The highest BCUT2D eigenvalue weighted by Gasteiger charge is 2.20. The summed E-state index contributed by atoms with van der Waals surface area (Å²) in [5.41, 5.74) is 7.04. The Kier molecular flexibility index (Phi) is 4.95. The van der Waals surface area contributed by atoms with Crippen LogP contribution in [0.15, 0.2) is 28.5 Å². The molecule has 1 aliphatic rings. The highest BCUT2D eigenvalue weighted by Crippen LogP contribution is 2.41. The number of fused-ring (bicyclic) bond motifs is 2. The quantitative estimate of drug-likeness (QED) is 0.493. The first kappa shape index (κ1) is 18.1. The number of aliphatic carboxylic acids is 1. The average molecular weight is 499 g/mol. The molecule has 0 amide bonds. The van der Waals surface area contributed by atoms with E-state index in [0.29, 0.717) is 46.6 Å². The number of benzene rings is 1. The molecule has 0 fully saturated rings. The Morgan fingerprint density at radius 2 is 2.11 bits per heavy atom. The number of hydrogen-bond donors (Lipinski definition) is 2. The molecule has 0 atom stereocenters. The Bertz CT molecular complexity index is 1040. The maximum Gasteiger partial charge on any atom is 0.303 e. The Hall–Kier alpha value is -2.28. The second-order valence-corrected chi connectivity index (χ2v) is 7.88. The van der Waals surface area contributed by atoms with E-state index in [0.717, 1.165) is 8.47 Å². The molecule has 3 aromatic rings. The van der Waals surface area contributed by atoms with Crippen LogP contribution in [0.1, 0.15) is 12.8 Å². The molecule has 1 aliphatic heterocycles. The summed E-state index contributed by atoms with van der Waals surface area (Å²) in [5, 5.41) is 9.59. The molecule has 9 nitrogen and oxygen atoms in total. The fourth-order valence-corrected chi connectivity index (χ4v) is 4.39. The fourth-order valence-electron chi connectivity index (χ4n) is 2.68.